The second-order valence-corrected chi connectivity index (χ2v) is 6.85. The minimum atomic E-state index is -0.379. The summed E-state index contributed by atoms with van der Waals surface area (Å²) in [6.45, 7) is 7.46. The molecule has 1 N–H and O–H groups in total. The van der Waals surface area contributed by atoms with Crippen LogP contribution in [0.5, 0.6) is 0 Å². The quantitative estimate of drug-likeness (QED) is 0.572. The highest BCUT2D eigenvalue weighted by molar-refractivity contribution is 6.01. The number of hydrogen-bond acceptors (Lipinski definition) is 4. The zero-order valence-corrected chi connectivity index (χ0v) is 16.7. The molecular weight excluding hydrogens is 340 g/mol. The van der Waals surface area contributed by atoms with Gasteiger partial charge in [0.25, 0.3) is 5.91 Å². The zero-order chi connectivity index (χ0) is 20.0. The van der Waals surface area contributed by atoms with Gasteiger partial charge in [0, 0.05) is 24.5 Å². The summed E-state index contributed by atoms with van der Waals surface area (Å²) in [6.07, 6.45) is 4.31. The SMILES string of the molecule is CCCn1c(C)cc(C=C(C#N)C(=O)NCC(c2ccco2)N(C)C)c1C. The molecule has 6 nitrogen and oxygen atoms in total. The molecule has 2 heterocycles. The van der Waals surface area contributed by atoms with Gasteiger partial charge in [0.2, 0.25) is 0 Å². The van der Waals surface area contributed by atoms with Crippen molar-refractivity contribution in [3.05, 3.63) is 52.7 Å². The minimum Gasteiger partial charge on any atom is -0.468 e. The van der Waals surface area contributed by atoms with E-state index in [0.29, 0.717) is 6.54 Å². The molecule has 0 aliphatic heterocycles. The fraction of sp³-hybridized carbons (Fsp3) is 0.429. The lowest BCUT2D eigenvalue weighted by atomic mass is 10.1. The molecule has 0 saturated carbocycles. The van der Waals surface area contributed by atoms with Crippen molar-refractivity contribution in [1.82, 2.24) is 14.8 Å². The van der Waals surface area contributed by atoms with Gasteiger partial charge in [-0.3, -0.25) is 9.69 Å². The van der Waals surface area contributed by atoms with Gasteiger partial charge in [0.15, 0.2) is 0 Å². The van der Waals surface area contributed by atoms with Gasteiger partial charge in [-0.1, -0.05) is 6.92 Å². The second-order valence-electron chi connectivity index (χ2n) is 6.85. The summed E-state index contributed by atoms with van der Waals surface area (Å²) in [7, 11) is 3.84. The highest BCUT2D eigenvalue weighted by Crippen LogP contribution is 2.20. The van der Waals surface area contributed by atoms with E-state index in [2.05, 4.69) is 16.8 Å². The molecule has 0 aliphatic carbocycles. The van der Waals surface area contributed by atoms with E-state index < -0.39 is 0 Å². The first kappa shape index (κ1) is 20.5. The number of furan rings is 1. The highest BCUT2D eigenvalue weighted by atomic mass is 16.3. The summed E-state index contributed by atoms with van der Waals surface area (Å²) < 4.78 is 7.66. The molecule has 2 rings (SSSR count). The van der Waals surface area contributed by atoms with Gasteiger partial charge in [-0.2, -0.15) is 5.26 Å². The number of nitrogens with one attached hydrogen (secondary N) is 1. The Morgan fingerprint density at radius 1 is 1.44 bits per heavy atom. The molecule has 2 aromatic rings. The van der Waals surface area contributed by atoms with Crippen LogP contribution in [0.4, 0.5) is 0 Å². The number of nitriles is 1. The molecule has 1 unspecified atom stereocenters. The van der Waals surface area contributed by atoms with E-state index >= 15 is 0 Å². The maximum Gasteiger partial charge on any atom is 0.262 e. The number of aryl methyl sites for hydroxylation is 1. The van der Waals surface area contributed by atoms with Crippen LogP contribution in [0.15, 0.2) is 34.5 Å². The number of hydrogen-bond donors (Lipinski definition) is 1. The van der Waals surface area contributed by atoms with Crippen LogP contribution in [0.3, 0.4) is 0 Å². The minimum absolute atomic E-state index is 0.0986. The zero-order valence-electron chi connectivity index (χ0n) is 16.7. The first-order valence-corrected chi connectivity index (χ1v) is 9.15. The highest BCUT2D eigenvalue weighted by Gasteiger charge is 2.19. The monoisotopic (exact) mass is 368 g/mol. The Labute approximate surface area is 161 Å². The number of amides is 1. The smallest absolute Gasteiger partial charge is 0.262 e. The fourth-order valence-electron chi connectivity index (χ4n) is 3.15. The van der Waals surface area contributed by atoms with Crippen LogP contribution in [-0.2, 0) is 11.3 Å². The summed E-state index contributed by atoms with van der Waals surface area (Å²) in [5, 5.41) is 12.3. The first-order valence-electron chi connectivity index (χ1n) is 9.15. The molecule has 1 amide bonds. The maximum absolute atomic E-state index is 12.5. The number of nitrogens with zero attached hydrogens (tertiary/aromatic N) is 3. The summed E-state index contributed by atoms with van der Waals surface area (Å²) in [4.78, 5) is 14.5. The molecule has 0 fully saturated rings. The Hall–Kier alpha value is -2.78. The number of aromatic nitrogens is 1. The van der Waals surface area contributed by atoms with Crippen molar-refractivity contribution in [3.63, 3.8) is 0 Å². The van der Waals surface area contributed by atoms with Crippen LogP contribution in [0.2, 0.25) is 0 Å². The van der Waals surface area contributed by atoms with E-state index in [0.717, 1.165) is 35.7 Å². The molecule has 27 heavy (non-hydrogen) atoms. The van der Waals surface area contributed by atoms with Gasteiger partial charge >= 0.3 is 0 Å². The van der Waals surface area contributed by atoms with E-state index in [4.69, 9.17) is 4.42 Å². The third-order valence-electron chi connectivity index (χ3n) is 4.68. The van der Waals surface area contributed by atoms with E-state index in [1.54, 1.807) is 12.3 Å². The van der Waals surface area contributed by atoms with E-state index in [1.165, 1.54) is 0 Å². The Morgan fingerprint density at radius 3 is 2.74 bits per heavy atom. The molecule has 144 valence electrons. The first-order chi connectivity index (χ1) is 12.9. The lowest BCUT2D eigenvalue weighted by Crippen LogP contribution is -2.34. The Bertz CT molecular complexity index is 838. The van der Waals surface area contributed by atoms with Crippen molar-refractivity contribution in [2.75, 3.05) is 20.6 Å². The molecule has 0 bridgehead atoms. The van der Waals surface area contributed by atoms with Gasteiger partial charge in [0.05, 0.1) is 12.3 Å². The average molecular weight is 368 g/mol. The molecule has 0 aliphatic rings. The van der Waals surface area contributed by atoms with E-state index in [9.17, 15) is 10.1 Å². The summed E-state index contributed by atoms with van der Waals surface area (Å²) >= 11 is 0. The van der Waals surface area contributed by atoms with Crippen molar-refractivity contribution in [1.29, 1.82) is 5.26 Å². The lowest BCUT2D eigenvalue weighted by Gasteiger charge is -2.22. The average Bonchev–Trinajstić information content (AvgIpc) is 3.24. The van der Waals surface area contributed by atoms with Gasteiger partial charge in [-0.15, -0.1) is 0 Å². The van der Waals surface area contributed by atoms with E-state index in [1.807, 2.05) is 57.1 Å². The third-order valence-corrected chi connectivity index (χ3v) is 4.68. The van der Waals surface area contributed by atoms with Crippen LogP contribution >= 0.6 is 0 Å². The maximum atomic E-state index is 12.5. The van der Waals surface area contributed by atoms with Crippen LogP contribution < -0.4 is 5.32 Å². The van der Waals surface area contributed by atoms with Crippen molar-refractivity contribution in [2.24, 2.45) is 0 Å². The fourth-order valence-corrected chi connectivity index (χ4v) is 3.15. The molecule has 0 aromatic carbocycles. The molecule has 6 heteroatoms. The van der Waals surface area contributed by atoms with Crippen LogP contribution in [0.25, 0.3) is 6.08 Å². The third kappa shape index (κ3) is 4.89. The molecular formula is C21H28N4O2. The molecule has 0 saturated heterocycles. The van der Waals surface area contributed by atoms with Gasteiger partial charge in [-0.05, 0) is 64.2 Å². The second kappa shape index (κ2) is 9.24. The largest absolute Gasteiger partial charge is 0.468 e. The van der Waals surface area contributed by atoms with Crippen LogP contribution in [0, 0.1) is 25.2 Å². The van der Waals surface area contributed by atoms with Crippen molar-refractivity contribution in [3.8, 4) is 6.07 Å². The van der Waals surface area contributed by atoms with Crippen molar-refractivity contribution in [2.45, 2.75) is 39.8 Å². The van der Waals surface area contributed by atoms with Gasteiger partial charge in [-0.25, -0.2) is 0 Å². The predicted octanol–water partition coefficient (Wildman–Crippen LogP) is 3.43. The summed E-state index contributed by atoms with van der Waals surface area (Å²) in [5.41, 5.74) is 3.20. The standard InChI is InChI=1S/C21H28N4O2/c1-6-9-25-15(2)11-17(16(25)3)12-18(13-22)21(26)23-14-19(24(4)5)20-8-7-10-27-20/h7-8,10-12,19H,6,9,14H2,1-5H3,(H,23,26). The van der Waals surface area contributed by atoms with Gasteiger partial charge < -0.3 is 14.3 Å². The molecule has 0 spiro atoms. The Kier molecular flexibility index (Phi) is 7.03. The van der Waals surface area contributed by atoms with E-state index in [-0.39, 0.29) is 17.5 Å². The lowest BCUT2D eigenvalue weighted by molar-refractivity contribution is -0.117. The Morgan fingerprint density at radius 2 is 2.19 bits per heavy atom. The normalized spacial score (nSPS) is 12.9. The van der Waals surface area contributed by atoms with Crippen molar-refractivity contribution < 1.29 is 9.21 Å². The van der Waals surface area contributed by atoms with Crippen molar-refractivity contribution >= 4 is 12.0 Å². The number of carbonyl (C=O) groups excluding carboxylic acids is 1. The number of likely N-dealkylation sites (N-methyl/N-ethyl adjacent to an activating group) is 1. The van der Waals surface area contributed by atoms with Crippen LogP contribution in [0.1, 0.15) is 42.1 Å². The van der Waals surface area contributed by atoms with Gasteiger partial charge in [0.1, 0.15) is 17.4 Å². The molecule has 0 radical (unpaired) electrons. The predicted molar refractivity (Wildman–Crippen MR) is 106 cm³/mol. The number of carbonyl (C=O) groups is 1. The Balaban J connectivity index is 2.15. The topological polar surface area (TPSA) is 74.2 Å². The summed E-state index contributed by atoms with van der Waals surface area (Å²) in [5.74, 6) is 0.391. The summed E-state index contributed by atoms with van der Waals surface area (Å²) in [6, 6.07) is 7.64. The number of rotatable bonds is 8. The van der Waals surface area contributed by atoms with Crippen LogP contribution in [-0.4, -0.2) is 36.0 Å². The molecule has 1 atom stereocenters. The molecule has 2 aromatic heterocycles.